The Morgan fingerprint density at radius 2 is 1.67 bits per heavy atom. The number of esters is 1. The van der Waals surface area contributed by atoms with Gasteiger partial charge in [-0.1, -0.05) is 12.1 Å². The highest BCUT2D eigenvalue weighted by Gasteiger charge is 2.36. The Hall–Kier alpha value is -4.04. The Morgan fingerprint density at radius 3 is 2.28 bits per heavy atom. The molecule has 5 rings (SSSR count). The maximum Gasteiger partial charge on any atom is 0.338 e. The minimum Gasteiger partial charge on any atom is -0.454 e. The number of Topliss-reactive ketones (excluding diaryl/α,β-unsaturated/α-hetero) is 1. The van der Waals surface area contributed by atoms with Crippen LogP contribution in [0.5, 0.6) is 0 Å². The van der Waals surface area contributed by atoms with Gasteiger partial charge in [0, 0.05) is 30.1 Å². The van der Waals surface area contributed by atoms with Crippen molar-refractivity contribution in [1.29, 1.82) is 0 Å². The molecule has 2 aliphatic rings. The summed E-state index contributed by atoms with van der Waals surface area (Å²) in [6.45, 7) is 4.91. The van der Waals surface area contributed by atoms with E-state index in [1.54, 1.807) is 24.3 Å². The fourth-order valence-corrected chi connectivity index (χ4v) is 4.82. The smallest absolute Gasteiger partial charge is 0.338 e. The van der Waals surface area contributed by atoms with Gasteiger partial charge < -0.3 is 14.0 Å². The summed E-state index contributed by atoms with van der Waals surface area (Å²) >= 11 is 0. The first kappa shape index (κ1) is 23.7. The maximum atomic E-state index is 12.8. The first-order valence-electron chi connectivity index (χ1n) is 11.9. The molecule has 2 aromatic carbocycles. The van der Waals surface area contributed by atoms with Crippen LogP contribution < -0.4 is 4.90 Å². The van der Waals surface area contributed by atoms with Gasteiger partial charge in [0.2, 0.25) is 5.78 Å². The van der Waals surface area contributed by atoms with Crippen LogP contribution in [-0.4, -0.2) is 47.5 Å². The third-order valence-corrected chi connectivity index (χ3v) is 6.77. The van der Waals surface area contributed by atoms with Gasteiger partial charge in [0.15, 0.2) is 6.61 Å². The molecule has 36 heavy (non-hydrogen) atoms. The van der Waals surface area contributed by atoms with E-state index in [4.69, 9.17) is 9.47 Å². The van der Waals surface area contributed by atoms with E-state index in [-0.39, 0.29) is 24.1 Å². The van der Waals surface area contributed by atoms with Crippen molar-refractivity contribution < 1.29 is 28.7 Å². The van der Waals surface area contributed by atoms with Crippen LogP contribution in [0.15, 0.2) is 54.6 Å². The molecule has 0 bridgehead atoms. The van der Waals surface area contributed by atoms with Gasteiger partial charge in [0.05, 0.1) is 28.5 Å². The molecule has 3 heterocycles. The average Bonchev–Trinajstić information content (AvgIpc) is 3.57. The second-order valence-electron chi connectivity index (χ2n) is 9.07. The highest BCUT2D eigenvalue weighted by Crippen LogP contribution is 2.28. The number of aryl methyl sites for hydroxylation is 1. The summed E-state index contributed by atoms with van der Waals surface area (Å²) in [5.41, 5.74) is 3.58. The lowest BCUT2D eigenvalue weighted by atomic mass is 10.1. The van der Waals surface area contributed by atoms with E-state index >= 15 is 0 Å². The van der Waals surface area contributed by atoms with Crippen LogP contribution >= 0.6 is 0 Å². The standard InChI is InChI=1S/C28H26N2O6/c1-17-14-24(18(2)29(17)15-21-6-5-13-35-21)25(31)16-36-28(34)19-9-11-20(12-10-19)30-26(32)22-7-3-4-8-23(22)27(30)33/h3-4,7-12,14,21H,5-6,13,15-16H2,1-2H3. The Labute approximate surface area is 208 Å². The van der Waals surface area contributed by atoms with Gasteiger partial charge in [-0.15, -0.1) is 0 Å². The van der Waals surface area contributed by atoms with E-state index in [1.807, 2.05) is 19.9 Å². The number of aromatic nitrogens is 1. The predicted octanol–water partition coefficient (Wildman–Crippen LogP) is 4.12. The molecule has 0 saturated carbocycles. The molecule has 8 heteroatoms. The van der Waals surface area contributed by atoms with Crippen LogP contribution in [0.4, 0.5) is 5.69 Å². The number of carbonyl (C=O) groups excluding carboxylic acids is 4. The van der Waals surface area contributed by atoms with Crippen LogP contribution in [0.1, 0.15) is 65.7 Å². The van der Waals surface area contributed by atoms with Crippen molar-refractivity contribution in [2.75, 3.05) is 18.1 Å². The average molecular weight is 487 g/mol. The van der Waals surface area contributed by atoms with E-state index in [0.29, 0.717) is 28.9 Å². The second kappa shape index (κ2) is 9.54. The molecule has 0 radical (unpaired) electrons. The number of nitrogens with zero attached hydrogens (tertiary/aromatic N) is 2. The zero-order valence-corrected chi connectivity index (χ0v) is 20.2. The summed E-state index contributed by atoms with van der Waals surface area (Å²) < 4.78 is 13.1. The summed E-state index contributed by atoms with van der Waals surface area (Å²) in [7, 11) is 0. The molecule has 2 amide bonds. The van der Waals surface area contributed by atoms with E-state index in [2.05, 4.69) is 4.57 Å². The summed E-state index contributed by atoms with van der Waals surface area (Å²) in [6, 6.07) is 14.4. The van der Waals surface area contributed by atoms with Gasteiger partial charge in [-0.25, -0.2) is 9.69 Å². The molecular weight excluding hydrogens is 460 g/mol. The van der Waals surface area contributed by atoms with Gasteiger partial charge in [0.1, 0.15) is 0 Å². The molecule has 1 saturated heterocycles. The number of fused-ring (bicyclic) bond motifs is 1. The lowest BCUT2D eigenvalue weighted by Gasteiger charge is -2.15. The lowest BCUT2D eigenvalue weighted by Crippen LogP contribution is -2.29. The Morgan fingerprint density at radius 1 is 1.00 bits per heavy atom. The third-order valence-electron chi connectivity index (χ3n) is 6.77. The molecule has 184 valence electrons. The third kappa shape index (κ3) is 4.24. The number of hydrogen-bond donors (Lipinski definition) is 0. The largest absolute Gasteiger partial charge is 0.454 e. The van der Waals surface area contributed by atoms with Crippen LogP contribution in [0.2, 0.25) is 0 Å². The molecule has 1 unspecified atom stereocenters. The molecule has 0 N–H and O–H groups in total. The number of hydrogen-bond acceptors (Lipinski definition) is 6. The van der Waals surface area contributed by atoms with Gasteiger partial charge >= 0.3 is 5.97 Å². The molecule has 1 aromatic heterocycles. The van der Waals surface area contributed by atoms with Crippen molar-refractivity contribution in [3.63, 3.8) is 0 Å². The van der Waals surface area contributed by atoms with E-state index < -0.39 is 17.8 Å². The van der Waals surface area contributed by atoms with Crippen molar-refractivity contribution in [1.82, 2.24) is 4.57 Å². The van der Waals surface area contributed by atoms with E-state index in [0.717, 1.165) is 35.7 Å². The van der Waals surface area contributed by atoms with Gasteiger partial charge in [-0.2, -0.15) is 0 Å². The lowest BCUT2D eigenvalue weighted by molar-refractivity contribution is 0.0474. The summed E-state index contributed by atoms with van der Waals surface area (Å²) in [5.74, 6) is -1.76. The van der Waals surface area contributed by atoms with Crippen molar-refractivity contribution in [3.05, 3.63) is 88.2 Å². The zero-order chi connectivity index (χ0) is 25.4. The minimum absolute atomic E-state index is 0.152. The highest BCUT2D eigenvalue weighted by molar-refractivity contribution is 6.34. The summed E-state index contributed by atoms with van der Waals surface area (Å²) in [5, 5.41) is 0. The quantitative estimate of drug-likeness (QED) is 0.283. The topological polar surface area (TPSA) is 94.9 Å². The molecule has 1 fully saturated rings. The summed E-state index contributed by atoms with van der Waals surface area (Å²) in [4.78, 5) is 51.8. The van der Waals surface area contributed by atoms with E-state index in [9.17, 15) is 19.2 Å². The Balaban J connectivity index is 1.22. The molecule has 1 atom stereocenters. The van der Waals surface area contributed by atoms with Crippen molar-refractivity contribution in [3.8, 4) is 0 Å². The van der Waals surface area contributed by atoms with Crippen molar-refractivity contribution >= 4 is 29.3 Å². The van der Waals surface area contributed by atoms with Crippen LogP contribution in [0.25, 0.3) is 0 Å². The highest BCUT2D eigenvalue weighted by atomic mass is 16.5. The number of rotatable bonds is 7. The predicted molar refractivity (Wildman–Crippen MR) is 132 cm³/mol. The molecule has 0 aliphatic carbocycles. The molecular formula is C28H26N2O6. The molecule has 0 spiro atoms. The number of carbonyl (C=O) groups is 4. The van der Waals surface area contributed by atoms with Gasteiger partial charge in [-0.3, -0.25) is 14.4 Å². The SMILES string of the molecule is Cc1cc(C(=O)COC(=O)c2ccc(N3C(=O)c4ccccc4C3=O)cc2)c(C)n1CC1CCCO1. The zero-order valence-electron chi connectivity index (χ0n) is 20.2. The van der Waals surface area contributed by atoms with Crippen LogP contribution in [-0.2, 0) is 16.0 Å². The summed E-state index contributed by atoms with van der Waals surface area (Å²) in [6.07, 6.45) is 2.20. The minimum atomic E-state index is -0.662. The van der Waals surface area contributed by atoms with Crippen molar-refractivity contribution in [2.24, 2.45) is 0 Å². The Kier molecular flexibility index (Phi) is 6.28. The van der Waals surface area contributed by atoms with Crippen molar-refractivity contribution in [2.45, 2.75) is 39.3 Å². The second-order valence-corrected chi connectivity index (χ2v) is 9.07. The normalized spacial score (nSPS) is 16.9. The number of ketones is 1. The monoisotopic (exact) mass is 486 g/mol. The van der Waals surface area contributed by atoms with Gasteiger partial charge in [-0.05, 0) is 69.2 Å². The van der Waals surface area contributed by atoms with Gasteiger partial charge in [0.25, 0.3) is 11.8 Å². The number of amides is 2. The van der Waals surface area contributed by atoms with E-state index in [1.165, 1.54) is 24.3 Å². The number of imide groups is 1. The van der Waals surface area contributed by atoms with Crippen LogP contribution in [0, 0.1) is 13.8 Å². The molecule has 3 aromatic rings. The Bertz CT molecular complexity index is 1330. The fourth-order valence-electron chi connectivity index (χ4n) is 4.82. The fraction of sp³-hybridized carbons (Fsp3) is 0.286. The maximum absolute atomic E-state index is 12.8. The number of benzene rings is 2. The number of anilines is 1. The van der Waals surface area contributed by atoms with Crippen LogP contribution in [0.3, 0.4) is 0 Å². The number of ether oxygens (including phenoxy) is 2. The molecule has 8 nitrogen and oxygen atoms in total. The first-order valence-corrected chi connectivity index (χ1v) is 11.9. The molecule has 2 aliphatic heterocycles. The first-order chi connectivity index (χ1) is 17.3.